The van der Waals surface area contributed by atoms with E-state index in [1.807, 2.05) is 12.1 Å². The molecule has 0 aliphatic carbocycles. The van der Waals surface area contributed by atoms with Gasteiger partial charge in [0.25, 0.3) is 0 Å². The number of H-pyrrole nitrogens is 1. The first-order chi connectivity index (χ1) is 9.16. The summed E-state index contributed by atoms with van der Waals surface area (Å²) < 4.78 is 14.0. The predicted octanol–water partition coefficient (Wildman–Crippen LogP) is 4.30. The summed E-state index contributed by atoms with van der Waals surface area (Å²) in [6.07, 6.45) is 1.62. The minimum absolute atomic E-state index is 0.135. The molecule has 0 saturated heterocycles. The van der Waals surface area contributed by atoms with Gasteiger partial charge < -0.3 is 4.98 Å². The van der Waals surface area contributed by atoms with Gasteiger partial charge in [0.05, 0.1) is 0 Å². The Balaban J connectivity index is 2.17. The standard InChI is InChI=1S/C15H9BrFNO/c16-13-4-2-1-3-10(13)15(19)12-8-18-14-6-5-9(17)7-11(12)14/h1-8,18H. The molecule has 1 N–H and O–H groups in total. The van der Waals surface area contributed by atoms with Crippen molar-refractivity contribution in [2.24, 2.45) is 0 Å². The normalized spacial score (nSPS) is 10.8. The number of halogens is 2. The lowest BCUT2D eigenvalue weighted by Gasteiger charge is -2.02. The van der Waals surface area contributed by atoms with Crippen LogP contribution in [-0.2, 0) is 0 Å². The molecule has 3 aromatic rings. The monoisotopic (exact) mass is 317 g/mol. The molecule has 0 bridgehead atoms. The zero-order valence-corrected chi connectivity index (χ0v) is 11.4. The van der Waals surface area contributed by atoms with E-state index in [-0.39, 0.29) is 11.6 Å². The second-order valence-electron chi connectivity index (χ2n) is 4.20. The molecule has 0 atom stereocenters. The van der Waals surface area contributed by atoms with Gasteiger partial charge in [-0.05, 0) is 30.3 Å². The van der Waals surface area contributed by atoms with Crippen molar-refractivity contribution in [2.45, 2.75) is 0 Å². The Morgan fingerprint density at radius 2 is 1.89 bits per heavy atom. The van der Waals surface area contributed by atoms with Gasteiger partial charge in [-0.1, -0.05) is 28.1 Å². The van der Waals surface area contributed by atoms with E-state index in [2.05, 4.69) is 20.9 Å². The van der Waals surface area contributed by atoms with Crippen LogP contribution >= 0.6 is 15.9 Å². The Morgan fingerprint density at radius 1 is 1.11 bits per heavy atom. The minimum Gasteiger partial charge on any atom is -0.360 e. The van der Waals surface area contributed by atoms with E-state index in [1.165, 1.54) is 12.1 Å². The van der Waals surface area contributed by atoms with Gasteiger partial charge in [-0.15, -0.1) is 0 Å². The third kappa shape index (κ3) is 2.08. The average Bonchev–Trinajstić information content (AvgIpc) is 2.81. The van der Waals surface area contributed by atoms with Crippen molar-refractivity contribution >= 4 is 32.6 Å². The highest BCUT2D eigenvalue weighted by Gasteiger charge is 2.16. The van der Waals surface area contributed by atoms with Crippen LogP contribution in [-0.4, -0.2) is 10.8 Å². The fraction of sp³-hybridized carbons (Fsp3) is 0. The van der Waals surface area contributed by atoms with E-state index < -0.39 is 0 Å². The summed E-state index contributed by atoms with van der Waals surface area (Å²) in [5.41, 5.74) is 1.78. The third-order valence-electron chi connectivity index (χ3n) is 3.01. The number of aromatic amines is 1. The van der Waals surface area contributed by atoms with Gasteiger partial charge in [0, 0.05) is 32.7 Å². The van der Waals surface area contributed by atoms with Crippen molar-refractivity contribution in [3.63, 3.8) is 0 Å². The molecule has 1 aromatic heterocycles. The Kier molecular flexibility index (Phi) is 2.95. The van der Waals surface area contributed by atoms with Crippen LogP contribution in [0.15, 0.2) is 53.1 Å². The molecule has 2 nitrogen and oxygen atoms in total. The largest absolute Gasteiger partial charge is 0.360 e. The van der Waals surface area contributed by atoms with Crippen molar-refractivity contribution < 1.29 is 9.18 Å². The third-order valence-corrected chi connectivity index (χ3v) is 3.70. The first kappa shape index (κ1) is 12.1. The lowest BCUT2D eigenvalue weighted by atomic mass is 10.0. The van der Waals surface area contributed by atoms with Crippen LogP contribution in [0.3, 0.4) is 0 Å². The topological polar surface area (TPSA) is 32.9 Å². The quantitative estimate of drug-likeness (QED) is 0.702. The minimum atomic E-state index is -0.353. The van der Waals surface area contributed by atoms with E-state index in [0.717, 1.165) is 9.99 Å². The van der Waals surface area contributed by atoms with Crippen LogP contribution in [0.4, 0.5) is 4.39 Å². The summed E-state index contributed by atoms with van der Waals surface area (Å²) >= 11 is 3.36. The number of ketones is 1. The van der Waals surface area contributed by atoms with E-state index >= 15 is 0 Å². The van der Waals surface area contributed by atoms with Crippen LogP contribution in [0.2, 0.25) is 0 Å². The molecule has 0 spiro atoms. The lowest BCUT2D eigenvalue weighted by molar-refractivity contribution is 0.103. The van der Waals surface area contributed by atoms with Crippen LogP contribution in [0.25, 0.3) is 10.9 Å². The second-order valence-corrected chi connectivity index (χ2v) is 5.06. The maximum atomic E-state index is 13.3. The second kappa shape index (κ2) is 4.63. The first-order valence-electron chi connectivity index (χ1n) is 5.72. The number of hydrogen-bond donors (Lipinski definition) is 1. The van der Waals surface area contributed by atoms with E-state index in [1.54, 1.807) is 24.4 Å². The Morgan fingerprint density at radius 3 is 2.68 bits per heavy atom. The van der Waals surface area contributed by atoms with Crippen LogP contribution < -0.4 is 0 Å². The van der Waals surface area contributed by atoms with Gasteiger partial charge in [0.2, 0.25) is 0 Å². The van der Waals surface area contributed by atoms with Crippen molar-refractivity contribution in [1.82, 2.24) is 4.98 Å². The van der Waals surface area contributed by atoms with Crippen molar-refractivity contribution in [1.29, 1.82) is 0 Å². The summed E-state index contributed by atoms with van der Waals surface area (Å²) in [5.74, 6) is -0.488. The van der Waals surface area contributed by atoms with Gasteiger partial charge in [-0.25, -0.2) is 4.39 Å². The highest BCUT2D eigenvalue weighted by molar-refractivity contribution is 9.10. The van der Waals surface area contributed by atoms with Crippen LogP contribution in [0, 0.1) is 5.82 Å². The Bertz CT molecular complexity index is 779. The van der Waals surface area contributed by atoms with Gasteiger partial charge in [-0.3, -0.25) is 4.79 Å². The summed E-state index contributed by atoms with van der Waals surface area (Å²) in [7, 11) is 0. The molecule has 0 saturated carbocycles. The Hall–Kier alpha value is -1.94. The summed E-state index contributed by atoms with van der Waals surface area (Å²) in [4.78, 5) is 15.5. The number of fused-ring (bicyclic) bond motifs is 1. The van der Waals surface area contributed by atoms with E-state index in [9.17, 15) is 9.18 Å². The molecule has 94 valence electrons. The number of aromatic nitrogens is 1. The van der Waals surface area contributed by atoms with Crippen molar-refractivity contribution in [2.75, 3.05) is 0 Å². The van der Waals surface area contributed by atoms with Crippen molar-refractivity contribution in [3.8, 4) is 0 Å². The molecular weight excluding hydrogens is 309 g/mol. The SMILES string of the molecule is O=C(c1ccccc1Br)c1c[nH]c2ccc(F)cc12. The van der Waals surface area contributed by atoms with Gasteiger partial charge in [0.15, 0.2) is 5.78 Å². The number of hydrogen-bond acceptors (Lipinski definition) is 1. The van der Waals surface area contributed by atoms with Crippen LogP contribution in [0.1, 0.15) is 15.9 Å². The molecule has 3 rings (SSSR count). The maximum absolute atomic E-state index is 13.3. The van der Waals surface area contributed by atoms with Gasteiger partial charge in [0.1, 0.15) is 5.82 Å². The molecule has 0 fully saturated rings. The molecular formula is C15H9BrFNO. The summed E-state index contributed by atoms with van der Waals surface area (Å²) in [6.45, 7) is 0. The molecule has 4 heteroatoms. The fourth-order valence-electron chi connectivity index (χ4n) is 2.07. The highest BCUT2D eigenvalue weighted by atomic mass is 79.9. The average molecular weight is 318 g/mol. The molecule has 0 radical (unpaired) electrons. The zero-order valence-electron chi connectivity index (χ0n) is 9.78. The van der Waals surface area contributed by atoms with E-state index in [0.29, 0.717) is 16.5 Å². The van der Waals surface area contributed by atoms with Crippen LogP contribution in [0.5, 0.6) is 0 Å². The molecule has 2 aromatic carbocycles. The Labute approximate surface area is 117 Å². The predicted molar refractivity (Wildman–Crippen MR) is 75.8 cm³/mol. The summed E-state index contributed by atoms with van der Waals surface area (Å²) in [5, 5.41) is 0.598. The van der Waals surface area contributed by atoms with Gasteiger partial charge >= 0.3 is 0 Å². The maximum Gasteiger partial charge on any atom is 0.196 e. The fourth-order valence-corrected chi connectivity index (χ4v) is 2.54. The smallest absolute Gasteiger partial charge is 0.196 e. The molecule has 19 heavy (non-hydrogen) atoms. The molecule has 1 heterocycles. The zero-order chi connectivity index (χ0) is 13.4. The number of carbonyl (C=O) groups excluding carboxylic acids is 1. The first-order valence-corrected chi connectivity index (χ1v) is 6.52. The molecule has 0 amide bonds. The van der Waals surface area contributed by atoms with Crippen molar-refractivity contribution in [3.05, 3.63) is 70.1 Å². The molecule has 0 aliphatic rings. The van der Waals surface area contributed by atoms with E-state index in [4.69, 9.17) is 0 Å². The number of benzene rings is 2. The molecule has 0 unspecified atom stereocenters. The highest BCUT2D eigenvalue weighted by Crippen LogP contribution is 2.25. The molecule has 0 aliphatic heterocycles. The van der Waals surface area contributed by atoms with Gasteiger partial charge in [-0.2, -0.15) is 0 Å². The number of nitrogens with one attached hydrogen (secondary N) is 1. The summed E-state index contributed by atoms with van der Waals surface area (Å²) in [6, 6.07) is 11.6. The number of carbonyl (C=O) groups is 1. The lowest BCUT2D eigenvalue weighted by Crippen LogP contribution is -2.01. The number of rotatable bonds is 2.